The van der Waals surface area contributed by atoms with E-state index in [1.54, 1.807) is 0 Å². The van der Waals surface area contributed by atoms with Crippen LogP contribution in [0.25, 0.3) is 4.91 Å². The molecule has 18 heavy (non-hydrogen) atoms. The molecule has 2 heteroatoms. The van der Waals surface area contributed by atoms with Crippen molar-refractivity contribution in [1.82, 2.24) is 0 Å². The molecular formula is C16H24S2. The summed E-state index contributed by atoms with van der Waals surface area (Å²) in [5.74, 6) is 2.47. The topological polar surface area (TPSA) is 0 Å². The summed E-state index contributed by atoms with van der Waals surface area (Å²) >= 11 is 3.95. The first-order valence-electron chi connectivity index (χ1n) is 6.88. The Hall–Kier alpha value is -0.340. The van der Waals surface area contributed by atoms with Gasteiger partial charge in [0.25, 0.3) is 0 Å². The van der Waals surface area contributed by atoms with Crippen LogP contribution in [0.15, 0.2) is 35.7 Å². The highest BCUT2D eigenvalue weighted by atomic mass is 32.2. The normalized spacial score (nSPS) is 11.8. The first kappa shape index (κ1) is 15.7. The lowest BCUT2D eigenvalue weighted by Crippen LogP contribution is -1.83. The highest BCUT2D eigenvalue weighted by Crippen LogP contribution is 2.30. The van der Waals surface area contributed by atoms with E-state index in [4.69, 9.17) is 0 Å². The number of benzene rings is 1. The van der Waals surface area contributed by atoms with E-state index in [-0.39, 0.29) is 0 Å². The van der Waals surface area contributed by atoms with Crippen molar-refractivity contribution in [3.05, 3.63) is 41.3 Å². The lowest BCUT2D eigenvalue weighted by molar-refractivity contribution is 0.897. The van der Waals surface area contributed by atoms with Crippen molar-refractivity contribution in [3.63, 3.8) is 0 Å². The van der Waals surface area contributed by atoms with Gasteiger partial charge in [-0.05, 0) is 35.3 Å². The van der Waals surface area contributed by atoms with E-state index >= 15 is 0 Å². The summed E-state index contributed by atoms with van der Waals surface area (Å²) < 4.78 is 0. The molecule has 0 aromatic heterocycles. The van der Waals surface area contributed by atoms with E-state index < -0.39 is 0 Å². The van der Waals surface area contributed by atoms with Crippen molar-refractivity contribution < 1.29 is 0 Å². The smallest absolute Gasteiger partial charge is 0.0207 e. The minimum absolute atomic E-state index is 1.23. The quantitative estimate of drug-likeness (QED) is 0.505. The van der Waals surface area contributed by atoms with Crippen LogP contribution in [-0.4, -0.2) is 11.5 Å². The minimum Gasteiger partial charge on any atom is -0.133 e. The van der Waals surface area contributed by atoms with Crippen molar-refractivity contribution in [2.75, 3.05) is 11.5 Å². The van der Waals surface area contributed by atoms with Gasteiger partial charge in [0.15, 0.2) is 0 Å². The molecule has 0 N–H and O–H groups in total. The summed E-state index contributed by atoms with van der Waals surface area (Å²) in [5.41, 5.74) is 1.36. The third-order valence-electron chi connectivity index (χ3n) is 2.62. The molecule has 0 saturated heterocycles. The van der Waals surface area contributed by atoms with Gasteiger partial charge in [-0.25, -0.2) is 0 Å². The molecule has 0 aliphatic carbocycles. The van der Waals surface area contributed by atoms with Crippen LogP contribution in [0.3, 0.4) is 0 Å². The number of rotatable bonds is 9. The SMILES string of the molecule is CCCCS/C=C(\SCCCC)c1ccccc1. The predicted octanol–water partition coefficient (Wildman–Crippen LogP) is 6.05. The zero-order valence-corrected chi connectivity index (χ0v) is 13.2. The van der Waals surface area contributed by atoms with E-state index in [0.29, 0.717) is 0 Å². The third-order valence-corrected chi connectivity index (χ3v) is 4.85. The number of hydrogen-bond donors (Lipinski definition) is 0. The Bertz CT molecular complexity index is 330. The summed E-state index contributed by atoms with van der Waals surface area (Å²) in [4.78, 5) is 1.44. The highest BCUT2D eigenvalue weighted by Gasteiger charge is 2.01. The lowest BCUT2D eigenvalue weighted by Gasteiger charge is -2.07. The Balaban J connectivity index is 2.57. The van der Waals surface area contributed by atoms with Crippen LogP contribution in [0.5, 0.6) is 0 Å². The van der Waals surface area contributed by atoms with E-state index in [2.05, 4.69) is 49.6 Å². The second kappa shape index (κ2) is 10.6. The summed E-state index contributed by atoms with van der Waals surface area (Å²) in [7, 11) is 0. The fourth-order valence-electron chi connectivity index (χ4n) is 1.48. The molecule has 100 valence electrons. The Morgan fingerprint density at radius 2 is 1.67 bits per heavy atom. The van der Waals surface area contributed by atoms with Gasteiger partial charge in [-0.3, -0.25) is 0 Å². The van der Waals surface area contributed by atoms with Gasteiger partial charge in [-0.1, -0.05) is 57.0 Å². The molecule has 0 aliphatic heterocycles. The molecule has 0 radical (unpaired) electrons. The highest BCUT2D eigenvalue weighted by molar-refractivity contribution is 8.10. The van der Waals surface area contributed by atoms with Crippen LogP contribution >= 0.6 is 23.5 Å². The summed E-state index contributed by atoms with van der Waals surface area (Å²) in [6.07, 6.45) is 5.17. The fraction of sp³-hybridized carbons (Fsp3) is 0.500. The largest absolute Gasteiger partial charge is 0.133 e. The van der Waals surface area contributed by atoms with Gasteiger partial charge >= 0.3 is 0 Å². The van der Waals surface area contributed by atoms with Gasteiger partial charge in [0.2, 0.25) is 0 Å². The molecule has 0 saturated carbocycles. The van der Waals surface area contributed by atoms with Crippen LogP contribution in [0.2, 0.25) is 0 Å². The van der Waals surface area contributed by atoms with Crippen LogP contribution in [-0.2, 0) is 0 Å². The Labute approximate surface area is 121 Å². The van der Waals surface area contributed by atoms with Crippen molar-refractivity contribution >= 4 is 28.4 Å². The molecular weight excluding hydrogens is 256 g/mol. The van der Waals surface area contributed by atoms with E-state index in [9.17, 15) is 0 Å². The zero-order valence-electron chi connectivity index (χ0n) is 11.5. The summed E-state index contributed by atoms with van der Waals surface area (Å²) in [6, 6.07) is 10.8. The van der Waals surface area contributed by atoms with Crippen LogP contribution < -0.4 is 0 Å². The maximum absolute atomic E-state index is 2.35. The van der Waals surface area contributed by atoms with Gasteiger partial charge in [-0.2, -0.15) is 0 Å². The van der Waals surface area contributed by atoms with Crippen molar-refractivity contribution in [1.29, 1.82) is 0 Å². The first-order valence-corrected chi connectivity index (χ1v) is 8.92. The van der Waals surface area contributed by atoms with Crippen molar-refractivity contribution in [2.45, 2.75) is 39.5 Å². The minimum atomic E-state index is 1.23. The van der Waals surface area contributed by atoms with E-state index in [1.807, 2.05) is 23.5 Å². The van der Waals surface area contributed by atoms with Crippen LogP contribution in [0, 0.1) is 0 Å². The third kappa shape index (κ3) is 6.55. The molecule has 0 spiro atoms. The molecule has 0 amide bonds. The van der Waals surface area contributed by atoms with Gasteiger partial charge in [0.05, 0.1) is 0 Å². The molecule has 0 aliphatic rings. The van der Waals surface area contributed by atoms with Gasteiger partial charge < -0.3 is 0 Å². The van der Waals surface area contributed by atoms with Gasteiger partial charge in [0, 0.05) is 4.91 Å². The maximum Gasteiger partial charge on any atom is 0.0207 e. The maximum atomic E-state index is 2.35. The molecule has 1 aromatic carbocycles. The molecule has 0 bridgehead atoms. The van der Waals surface area contributed by atoms with E-state index in [1.165, 1.54) is 47.7 Å². The fourth-order valence-corrected chi connectivity index (χ4v) is 3.77. The summed E-state index contributed by atoms with van der Waals surface area (Å²) in [6.45, 7) is 4.50. The standard InChI is InChI=1S/C16H24S2/c1-3-5-12-17-14-16(18-13-6-4-2)15-10-8-7-9-11-15/h7-11,14H,3-6,12-13H2,1-2H3/b16-14-. The Morgan fingerprint density at radius 1 is 1.00 bits per heavy atom. The molecule has 1 aromatic rings. The number of unbranched alkanes of at least 4 members (excludes halogenated alkanes) is 2. The Kier molecular flexibility index (Phi) is 9.23. The van der Waals surface area contributed by atoms with Crippen molar-refractivity contribution in [2.24, 2.45) is 0 Å². The zero-order chi connectivity index (χ0) is 13.1. The Morgan fingerprint density at radius 3 is 2.33 bits per heavy atom. The molecule has 0 nitrogen and oxygen atoms in total. The second-order valence-electron chi connectivity index (χ2n) is 4.27. The molecule has 0 heterocycles. The molecule has 0 fully saturated rings. The monoisotopic (exact) mass is 280 g/mol. The predicted molar refractivity (Wildman–Crippen MR) is 89.2 cm³/mol. The van der Waals surface area contributed by atoms with Crippen molar-refractivity contribution in [3.8, 4) is 0 Å². The van der Waals surface area contributed by atoms with Gasteiger partial charge in [0.1, 0.15) is 0 Å². The van der Waals surface area contributed by atoms with Gasteiger partial charge in [-0.15, -0.1) is 23.5 Å². The van der Waals surface area contributed by atoms with Crippen LogP contribution in [0.4, 0.5) is 0 Å². The average Bonchev–Trinajstić information content (AvgIpc) is 2.42. The van der Waals surface area contributed by atoms with E-state index in [0.717, 1.165) is 0 Å². The number of thioether (sulfide) groups is 2. The average molecular weight is 281 g/mol. The summed E-state index contributed by atoms with van der Waals surface area (Å²) in [5, 5.41) is 2.35. The van der Waals surface area contributed by atoms with Crippen LogP contribution in [0.1, 0.15) is 45.1 Å². The number of hydrogen-bond acceptors (Lipinski definition) is 2. The molecule has 0 unspecified atom stereocenters. The lowest BCUT2D eigenvalue weighted by atomic mass is 10.2. The molecule has 1 rings (SSSR count). The first-order chi connectivity index (χ1) is 8.88. The molecule has 0 atom stereocenters. The second-order valence-corrected chi connectivity index (χ2v) is 6.39.